The first-order valence-electron chi connectivity index (χ1n) is 9.84. The largest absolute Gasteiger partial charge is 0.367 e. The van der Waals surface area contributed by atoms with Gasteiger partial charge in [-0.15, -0.1) is 0 Å². The summed E-state index contributed by atoms with van der Waals surface area (Å²) in [4.78, 5) is 27.9. The van der Waals surface area contributed by atoms with Crippen molar-refractivity contribution in [2.75, 3.05) is 17.8 Å². The molecule has 1 heterocycles. The fraction of sp³-hybridized carbons (Fsp3) is 0.273. The first kappa shape index (κ1) is 21.9. The number of likely N-dealkylation sites (tertiary alicyclic amines) is 1. The van der Waals surface area contributed by atoms with Gasteiger partial charge in [0.05, 0.1) is 15.7 Å². The molecule has 1 N–H and O–H groups in total. The second kappa shape index (κ2) is 8.30. The minimum Gasteiger partial charge on any atom is -0.367 e. The SMILES string of the molecule is CC1CCN(C2=C(S(=O)(=O)Nc3ccc(Cl)c(Cl)c3)C(=O)c3ccccc3C2=O)CC1. The number of halogens is 2. The Bertz CT molecular complexity index is 1220. The lowest BCUT2D eigenvalue weighted by atomic mass is 9.90. The molecule has 1 aliphatic heterocycles. The molecule has 31 heavy (non-hydrogen) atoms. The molecule has 162 valence electrons. The third-order valence-corrected chi connectivity index (χ3v) is 7.75. The van der Waals surface area contributed by atoms with E-state index in [-0.39, 0.29) is 32.6 Å². The normalized spacial score (nSPS) is 17.7. The molecule has 0 spiro atoms. The number of anilines is 1. The van der Waals surface area contributed by atoms with Gasteiger partial charge in [-0.2, -0.15) is 0 Å². The second-order valence-electron chi connectivity index (χ2n) is 7.79. The maximum atomic E-state index is 13.4. The van der Waals surface area contributed by atoms with Crippen molar-refractivity contribution in [2.45, 2.75) is 19.8 Å². The average Bonchev–Trinajstić information content (AvgIpc) is 2.73. The lowest BCUT2D eigenvalue weighted by molar-refractivity contribution is 0.0933. The first-order valence-corrected chi connectivity index (χ1v) is 12.1. The van der Waals surface area contributed by atoms with Crippen molar-refractivity contribution in [1.29, 1.82) is 0 Å². The minimum atomic E-state index is -4.39. The van der Waals surface area contributed by atoms with E-state index in [4.69, 9.17) is 23.2 Å². The van der Waals surface area contributed by atoms with E-state index in [9.17, 15) is 18.0 Å². The van der Waals surface area contributed by atoms with Crippen molar-refractivity contribution in [2.24, 2.45) is 5.92 Å². The molecule has 4 rings (SSSR count). The second-order valence-corrected chi connectivity index (χ2v) is 10.2. The Morgan fingerprint density at radius 2 is 1.55 bits per heavy atom. The van der Waals surface area contributed by atoms with Crippen molar-refractivity contribution >= 4 is 50.5 Å². The van der Waals surface area contributed by atoms with Crippen LogP contribution >= 0.6 is 23.2 Å². The standard InChI is InChI=1S/C22H20Cl2N2O4S/c1-13-8-10-26(11-9-13)19-20(27)15-4-2-3-5-16(15)21(28)22(19)31(29,30)25-14-6-7-17(23)18(24)12-14/h2-7,12-13,25H,8-11H2,1H3. The number of Topliss-reactive ketones (excluding diaryl/α,β-unsaturated/α-hetero) is 2. The van der Waals surface area contributed by atoms with E-state index in [1.165, 1.54) is 24.3 Å². The summed E-state index contributed by atoms with van der Waals surface area (Å²) in [6, 6.07) is 10.5. The molecule has 1 aliphatic carbocycles. The van der Waals surface area contributed by atoms with Gasteiger partial charge in [-0.3, -0.25) is 14.3 Å². The fourth-order valence-electron chi connectivity index (χ4n) is 3.87. The number of sulfonamides is 1. The van der Waals surface area contributed by atoms with Crippen LogP contribution in [-0.4, -0.2) is 38.0 Å². The smallest absolute Gasteiger partial charge is 0.268 e. The van der Waals surface area contributed by atoms with Crippen LogP contribution in [0.4, 0.5) is 5.69 Å². The Hall–Kier alpha value is -2.35. The van der Waals surface area contributed by atoms with Gasteiger partial charge in [-0.1, -0.05) is 54.4 Å². The highest BCUT2D eigenvalue weighted by atomic mass is 35.5. The van der Waals surface area contributed by atoms with Crippen molar-refractivity contribution in [1.82, 2.24) is 4.90 Å². The molecule has 2 aromatic rings. The number of rotatable bonds is 4. The molecule has 6 nitrogen and oxygen atoms in total. The summed E-state index contributed by atoms with van der Waals surface area (Å²) in [6.45, 7) is 3.12. The van der Waals surface area contributed by atoms with Crippen LogP contribution in [0.5, 0.6) is 0 Å². The van der Waals surface area contributed by atoms with Gasteiger partial charge in [0.2, 0.25) is 11.6 Å². The monoisotopic (exact) mass is 478 g/mol. The molecule has 1 fully saturated rings. The molecule has 2 aliphatic rings. The Labute approximate surface area is 190 Å². The van der Waals surface area contributed by atoms with Gasteiger partial charge in [0.1, 0.15) is 5.70 Å². The number of fused-ring (bicyclic) bond motifs is 1. The third-order valence-electron chi connectivity index (χ3n) is 5.59. The Balaban J connectivity index is 1.84. The molecule has 0 bridgehead atoms. The van der Waals surface area contributed by atoms with Crippen LogP contribution in [0.25, 0.3) is 0 Å². The Kier molecular flexibility index (Phi) is 5.85. The van der Waals surface area contributed by atoms with Gasteiger partial charge in [0.25, 0.3) is 10.0 Å². The quantitative estimate of drug-likeness (QED) is 0.684. The first-order chi connectivity index (χ1) is 14.7. The number of ketones is 2. The highest BCUT2D eigenvalue weighted by molar-refractivity contribution is 7.97. The van der Waals surface area contributed by atoms with Crippen LogP contribution < -0.4 is 4.72 Å². The molecule has 0 radical (unpaired) electrons. The number of benzene rings is 2. The predicted octanol–water partition coefficient (Wildman–Crippen LogP) is 4.76. The van der Waals surface area contributed by atoms with E-state index in [1.54, 1.807) is 23.1 Å². The van der Waals surface area contributed by atoms with Gasteiger partial charge in [0.15, 0.2) is 4.91 Å². The van der Waals surface area contributed by atoms with Crippen molar-refractivity contribution in [3.8, 4) is 0 Å². The minimum absolute atomic E-state index is 0.0665. The molecule has 0 amide bonds. The highest BCUT2D eigenvalue weighted by Crippen LogP contribution is 2.35. The number of nitrogens with zero attached hydrogens (tertiary/aromatic N) is 1. The molecule has 0 aromatic heterocycles. The molecule has 0 saturated carbocycles. The molecular formula is C22H20Cl2N2O4S. The molecule has 1 saturated heterocycles. The number of piperidine rings is 1. The zero-order valence-corrected chi connectivity index (χ0v) is 19.0. The number of carbonyl (C=O) groups is 2. The zero-order valence-electron chi connectivity index (χ0n) is 16.7. The van der Waals surface area contributed by atoms with Crippen LogP contribution in [0, 0.1) is 5.92 Å². The fourth-order valence-corrected chi connectivity index (χ4v) is 5.54. The summed E-state index contributed by atoms with van der Waals surface area (Å²) in [7, 11) is -4.39. The summed E-state index contributed by atoms with van der Waals surface area (Å²) in [5, 5.41) is 0.433. The topological polar surface area (TPSA) is 83.6 Å². The van der Waals surface area contributed by atoms with E-state index in [0.29, 0.717) is 19.0 Å². The van der Waals surface area contributed by atoms with Gasteiger partial charge in [-0.25, -0.2) is 8.42 Å². The van der Waals surface area contributed by atoms with Gasteiger partial charge >= 0.3 is 0 Å². The molecular weight excluding hydrogens is 459 g/mol. The van der Waals surface area contributed by atoms with Gasteiger partial charge < -0.3 is 4.90 Å². The predicted molar refractivity (Wildman–Crippen MR) is 121 cm³/mol. The van der Waals surface area contributed by atoms with Crippen LogP contribution in [0.1, 0.15) is 40.5 Å². The molecule has 2 aromatic carbocycles. The van der Waals surface area contributed by atoms with Gasteiger partial charge in [0, 0.05) is 24.2 Å². The number of hydrogen-bond acceptors (Lipinski definition) is 5. The highest BCUT2D eigenvalue weighted by Gasteiger charge is 2.42. The summed E-state index contributed by atoms with van der Waals surface area (Å²) in [5.41, 5.74) is 0.376. The molecule has 9 heteroatoms. The lowest BCUT2D eigenvalue weighted by Gasteiger charge is -2.35. The third kappa shape index (κ3) is 4.10. The van der Waals surface area contributed by atoms with Crippen LogP contribution in [0.15, 0.2) is 53.1 Å². The Morgan fingerprint density at radius 3 is 2.16 bits per heavy atom. The van der Waals surface area contributed by atoms with Crippen LogP contribution in [0.2, 0.25) is 10.0 Å². The maximum Gasteiger partial charge on any atom is 0.268 e. The summed E-state index contributed by atoms with van der Waals surface area (Å²) in [5.74, 6) is -0.691. The lowest BCUT2D eigenvalue weighted by Crippen LogP contribution is -2.41. The van der Waals surface area contributed by atoms with Gasteiger partial charge in [-0.05, 0) is 37.0 Å². The van der Waals surface area contributed by atoms with E-state index < -0.39 is 26.5 Å². The Morgan fingerprint density at radius 1 is 0.935 bits per heavy atom. The number of carbonyl (C=O) groups excluding carboxylic acids is 2. The van der Waals surface area contributed by atoms with E-state index >= 15 is 0 Å². The number of nitrogens with one attached hydrogen (secondary N) is 1. The van der Waals surface area contributed by atoms with Crippen molar-refractivity contribution in [3.05, 3.63) is 74.2 Å². The number of allylic oxidation sites excluding steroid dienone is 2. The average molecular weight is 479 g/mol. The van der Waals surface area contributed by atoms with Crippen molar-refractivity contribution in [3.63, 3.8) is 0 Å². The summed E-state index contributed by atoms with van der Waals surface area (Å²) in [6.07, 6.45) is 1.61. The number of hydrogen-bond donors (Lipinski definition) is 1. The summed E-state index contributed by atoms with van der Waals surface area (Å²) >= 11 is 11.9. The maximum absolute atomic E-state index is 13.4. The van der Waals surface area contributed by atoms with E-state index in [1.807, 2.05) is 0 Å². The van der Waals surface area contributed by atoms with Crippen molar-refractivity contribution < 1.29 is 18.0 Å². The summed E-state index contributed by atoms with van der Waals surface area (Å²) < 4.78 is 29.2. The molecule has 0 atom stereocenters. The zero-order chi connectivity index (χ0) is 22.3. The van der Waals surface area contributed by atoms with Crippen LogP contribution in [-0.2, 0) is 10.0 Å². The molecule has 0 unspecified atom stereocenters. The van der Waals surface area contributed by atoms with Crippen LogP contribution in [0.3, 0.4) is 0 Å². The van der Waals surface area contributed by atoms with E-state index in [0.717, 1.165) is 12.8 Å². The van der Waals surface area contributed by atoms with E-state index in [2.05, 4.69) is 11.6 Å².